The zero-order chi connectivity index (χ0) is 12.3. The molecule has 0 bridgehead atoms. The molecular weight excluding hydrogens is 212 g/mol. The molecule has 0 radical (unpaired) electrons. The standard InChI is InChI=1S/C13H24N4/c1-3-4-9-17-10(2)15-16-13(17)11-5-7-12(14)8-6-11/h11-12H,3-9,14H2,1-2H3. The summed E-state index contributed by atoms with van der Waals surface area (Å²) in [6, 6.07) is 0.402. The van der Waals surface area contributed by atoms with Crippen LogP contribution in [0.1, 0.15) is 63.0 Å². The number of nitrogens with two attached hydrogens (primary N) is 1. The molecule has 0 aliphatic heterocycles. The number of aryl methyl sites for hydroxylation is 1. The number of rotatable bonds is 4. The molecule has 96 valence electrons. The lowest BCUT2D eigenvalue weighted by atomic mass is 9.86. The van der Waals surface area contributed by atoms with Gasteiger partial charge in [-0.2, -0.15) is 0 Å². The molecule has 2 N–H and O–H groups in total. The Morgan fingerprint density at radius 2 is 1.94 bits per heavy atom. The summed E-state index contributed by atoms with van der Waals surface area (Å²) >= 11 is 0. The Balaban J connectivity index is 2.09. The molecule has 17 heavy (non-hydrogen) atoms. The molecule has 2 rings (SSSR count). The smallest absolute Gasteiger partial charge is 0.136 e. The second-order valence-corrected chi connectivity index (χ2v) is 5.22. The van der Waals surface area contributed by atoms with E-state index >= 15 is 0 Å². The maximum absolute atomic E-state index is 5.96. The van der Waals surface area contributed by atoms with E-state index in [4.69, 9.17) is 5.73 Å². The summed E-state index contributed by atoms with van der Waals surface area (Å²) in [4.78, 5) is 0. The Morgan fingerprint density at radius 3 is 2.59 bits per heavy atom. The number of hydrogen-bond donors (Lipinski definition) is 1. The highest BCUT2D eigenvalue weighted by Gasteiger charge is 2.24. The fraction of sp³-hybridized carbons (Fsp3) is 0.846. The van der Waals surface area contributed by atoms with Crippen molar-refractivity contribution in [1.29, 1.82) is 0 Å². The molecule has 1 aromatic heterocycles. The minimum absolute atomic E-state index is 0.402. The molecule has 1 aliphatic rings. The van der Waals surface area contributed by atoms with Crippen LogP contribution in [0.4, 0.5) is 0 Å². The first kappa shape index (κ1) is 12.6. The second kappa shape index (κ2) is 5.63. The van der Waals surface area contributed by atoms with Crippen LogP contribution in [0.2, 0.25) is 0 Å². The molecule has 0 saturated heterocycles. The van der Waals surface area contributed by atoms with E-state index < -0.39 is 0 Å². The molecule has 4 heteroatoms. The Kier molecular flexibility index (Phi) is 4.15. The number of nitrogens with zero attached hydrogens (tertiary/aromatic N) is 3. The largest absolute Gasteiger partial charge is 0.328 e. The normalized spacial score (nSPS) is 25.1. The Hall–Kier alpha value is -0.900. The minimum Gasteiger partial charge on any atom is -0.328 e. The quantitative estimate of drug-likeness (QED) is 0.873. The van der Waals surface area contributed by atoms with Gasteiger partial charge in [-0.25, -0.2) is 0 Å². The zero-order valence-electron chi connectivity index (χ0n) is 11.0. The first-order valence-corrected chi connectivity index (χ1v) is 6.87. The number of aromatic nitrogens is 3. The van der Waals surface area contributed by atoms with E-state index in [0.717, 1.165) is 25.2 Å². The van der Waals surface area contributed by atoms with Crippen molar-refractivity contribution >= 4 is 0 Å². The molecule has 1 saturated carbocycles. The van der Waals surface area contributed by atoms with Crippen LogP contribution in [0, 0.1) is 6.92 Å². The lowest BCUT2D eigenvalue weighted by Gasteiger charge is -2.25. The van der Waals surface area contributed by atoms with Gasteiger partial charge in [-0.05, 0) is 39.0 Å². The van der Waals surface area contributed by atoms with E-state index in [1.807, 2.05) is 0 Å². The summed E-state index contributed by atoms with van der Waals surface area (Å²) in [5.41, 5.74) is 5.96. The van der Waals surface area contributed by atoms with E-state index in [1.165, 1.54) is 31.5 Å². The first-order valence-electron chi connectivity index (χ1n) is 6.87. The van der Waals surface area contributed by atoms with Gasteiger partial charge in [0.1, 0.15) is 11.6 Å². The van der Waals surface area contributed by atoms with E-state index in [0.29, 0.717) is 12.0 Å². The highest BCUT2D eigenvalue weighted by molar-refractivity contribution is 5.03. The monoisotopic (exact) mass is 236 g/mol. The molecule has 0 aromatic carbocycles. The predicted molar refractivity (Wildman–Crippen MR) is 68.9 cm³/mol. The van der Waals surface area contributed by atoms with Gasteiger partial charge in [-0.3, -0.25) is 0 Å². The highest BCUT2D eigenvalue weighted by atomic mass is 15.3. The second-order valence-electron chi connectivity index (χ2n) is 5.22. The fourth-order valence-electron chi connectivity index (χ4n) is 2.67. The SMILES string of the molecule is CCCCn1c(C)nnc1C1CCC(N)CC1. The summed E-state index contributed by atoms with van der Waals surface area (Å²) in [6.45, 7) is 5.34. The van der Waals surface area contributed by atoms with Crippen molar-refractivity contribution in [2.45, 2.75) is 70.9 Å². The minimum atomic E-state index is 0.402. The van der Waals surface area contributed by atoms with Gasteiger partial charge >= 0.3 is 0 Å². The van der Waals surface area contributed by atoms with Crippen LogP contribution in [-0.4, -0.2) is 20.8 Å². The maximum Gasteiger partial charge on any atom is 0.136 e. The van der Waals surface area contributed by atoms with E-state index in [-0.39, 0.29) is 0 Å². The van der Waals surface area contributed by atoms with Crippen molar-refractivity contribution in [3.05, 3.63) is 11.6 Å². The van der Waals surface area contributed by atoms with Crippen LogP contribution in [0.15, 0.2) is 0 Å². The third-order valence-corrected chi connectivity index (χ3v) is 3.84. The van der Waals surface area contributed by atoms with Crippen LogP contribution in [0.5, 0.6) is 0 Å². The lowest BCUT2D eigenvalue weighted by molar-refractivity contribution is 0.373. The van der Waals surface area contributed by atoms with Crippen LogP contribution < -0.4 is 5.73 Å². The maximum atomic E-state index is 5.96. The fourth-order valence-corrected chi connectivity index (χ4v) is 2.67. The summed E-state index contributed by atoms with van der Waals surface area (Å²) in [7, 11) is 0. The van der Waals surface area contributed by atoms with Crippen molar-refractivity contribution in [1.82, 2.24) is 14.8 Å². The van der Waals surface area contributed by atoms with Gasteiger partial charge in [0, 0.05) is 18.5 Å². The van der Waals surface area contributed by atoms with Gasteiger partial charge in [0.15, 0.2) is 0 Å². The molecule has 0 atom stereocenters. The third kappa shape index (κ3) is 2.86. The molecule has 0 amide bonds. The van der Waals surface area contributed by atoms with E-state index in [9.17, 15) is 0 Å². The molecule has 1 aliphatic carbocycles. The van der Waals surface area contributed by atoms with Crippen LogP contribution >= 0.6 is 0 Å². The summed E-state index contributed by atoms with van der Waals surface area (Å²) in [5, 5.41) is 8.63. The van der Waals surface area contributed by atoms with Crippen molar-refractivity contribution in [3.8, 4) is 0 Å². The molecule has 0 spiro atoms. The van der Waals surface area contributed by atoms with Crippen LogP contribution in [-0.2, 0) is 6.54 Å². The van der Waals surface area contributed by atoms with Gasteiger partial charge in [0.25, 0.3) is 0 Å². The van der Waals surface area contributed by atoms with Gasteiger partial charge < -0.3 is 10.3 Å². The zero-order valence-corrected chi connectivity index (χ0v) is 11.0. The van der Waals surface area contributed by atoms with Crippen LogP contribution in [0.25, 0.3) is 0 Å². The van der Waals surface area contributed by atoms with Crippen molar-refractivity contribution in [3.63, 3.8) is 0 Å². The van der Waals surface area contributed by atoms with Crippen molar-refractivity contribution in [2.75, 3.05) is 0 Å². The van der Waals surface area contributed by atoms with Crippen molar-refractivity contribution < 1.29 is 0 Å². The van der Waals surface area contributed by atoms with Crippen molar-refractivity contribution in [2.24, 2.45) is 5.73 Å². The number of unbranched alkanes of at least 4 members (excludes halogenated alkanes) is 1. The summed E-state index contributed by atoms with van der Waals surface area (Å²) in [5.74, 6) is 2.83. The van der Waals surface area contributed by atoms with E-state index in [2.05, 4.69) is 28.6 Å². The highest BCUT2D eigenvalue weighted by Crippen LogP contribution is 2.31. The molecule has 1 heterocycles. The van der Waals surface area contributed by atoms with Crippen LogP contribution in [0.3, 0.4) is 0 Å². The number of hydrogen-bond acceptors (Lipinski definition) is 3. The van der Waals surface area contributed by atoms with E-state index in [1.54, 1.807) is 0 Å². The molecular formula is C13H24N4. The van der Waals surface area contributed by atoms with Gasteiger partial charge in [-0.1, -0.05) is 13.3 Å². The Morgan fingerprint density at radius 1 is 1.24 bits per heavy atom. The van der Waals surface area contributed by atoms with Gasteiger partial charge in [-0.15, -0.1) is 10.2 Å². The molecule has 0 unspecified atom stereocenters. The Labute approximate surface area is 104 Å². The summed E-state index contributed by atoms with van der Waals surface area (Å²) in [6.07, 6.45) is 7.02. The first-order chi connectivity index (χ1) is 8.22. The third-order valence-electron chi connectivity index (χ3n) is 3.84. The molecule has 4 nitrogen and oxygen atoms in total. The topological polar surface area (TPSA) is 56.7 Å². The van der Waals surface area contributed by atoms with Gasteiger partial charge in [0.2, 0.25) is 0 Å². The predicted octanol–water partition coefficient (Wildman–Crippen LogP) is 2.37. The lowest BCUT2D eigenvalue weighted by Crippen LogP contribution is -2.27. The Bertz CT molecular complexity index is 350. The average molecular weight is 236 g/mol. The molecule has 1 fully saturated rings. The molecule has 1 aromatic rings. The summed E-state index contributed by atoms with van der Waals surface area (Å²) < 4.78 is 2.31. The van der Waals surface area contributed by atoms with Gasteiger partial charge in [0.05, 0.1) is 0 Å². The average Bonchev–Trinajstić information content (AvgIpc) is 2.69.